The second kappa shape index (κ2) is 4.72. The highest BCUT2D eigenvalue weighted by molar-refractivity contribution is 6.30. The minimum absolute atomic E-state index is 0.0165. The molecule has 1 aromatic rings. The summed E-state index contributed by atoms with van der Waals surface area (Å²) in [7, 11) is 0. The first kappa shape index (κ1) is 13.6. The summed E-state index contributed by atoms with van der Waals surface area (Å²) in [6.07, 6.45) is 5.41. The molecule has 112 valence electrons. The summed E-state index contributed by atoms with van der Waals surface area (Å²) >= 11 is 6.00. The van der Waals surface area contributed by atoms with Crippen LogP contribution < -0.4 is 5.32 Å². The van der Waals surface area contributed by atoms with E-state index in [2.05, 4.69) is 17.1 Å². The lowest BCUT2D eigenvalue weighted by Crippen LogP contribution is -2.44. The van der Waals surface area contributed by atoms with Crippen LogP contribution in [-0.4, -0.2) is 22.4 Å². The van der Waals surface area contributed by atoms with Crippen molar-refractivity contribution < 1.29 is 4.79 Å². The van der Waals surface area contributed by atoms with E-state index in [-0.39, 0.29) is 11.7 Å². The Morgan fingerprint density at radius 1 is 1.24 bits per heavy atom. The van der Waals surface area contributed by atoms with E-state index in [0.717, 1.165) is 42.7 Å². The van der Waals surface area contributed by atoms with E-state index in [4.69, 9.17) is 11.6 Å². The Morgan fingerprint density at radius 3 is 2.43 bits per heavy atom. The lowest BCUT2D eigenvalue weighted by Gasteiger charge is -2.25. The van der Waals surface area contributed by atoms with Gasteiger partial charge >= 0.3 is 0 Å². The Kier molecular flexibility index (Phi) is 3.05. The van der Waals surface area contributed by atoms with Gasteiger partial charge in [-0.15, -0.1) is 0 Å². The van der Waals surface area contributed by atoms with Gasteiger partial charge in [0.2, 0.25) is 5.91 Å². The molecule has 3 nitrogen and oxygen atoms in total. The zero-order valence-corrected chi connectivity index (χ0v) is 13.1. The normalized spacial score (nSPS) is 33.9. The summed E-state index contributed by atoms with van der Waals surface area (Å²) in [6.45, 7) is 2.23. The molecule has 4 rings (SSSR count). The predicted octanol–water partition coefficient (Wildman–Crippen LogP) is 3.49. The van der Waals surface area contributed by atoms with Crippen LogP contribution in [0.15, 0.2) is 24.3 Å². The first-order valence-electron chi connectivity index (χ1n) is 7.97. The molecule has 1 heterocycles. The molecule has 1 aromatic carbocycles. The van der Waals surface area contributed by atoms with Crippen molar-refractivity contribution >= 4 is 17.5 Å². The van der Waals surface area contributed by atoms with Gasteiger partial charge in [0.1, 0.15) is 6.17 Å². The second-order valence-electron chi connectivity index (χ2n) is 6.88. The molecule has 3 atom stereocenters. The predicted molar refractivity (Wildman–Crippen MR) is 82.9 cm³/mol. The zero-order valence-electron chi connectivity index (χ0n) is 12.3. The number of rotatable bonds is 2. The molecule has 1 amide bonds. The molecule has 4 heteroatoms. The van der Waals surface area contributed by atoms with Crippen LogP contribution in [0.4, 0.5) is 0 Å². The smallest absolute Gasteiger partial charge is 0.244 e. The van der Waals surface area contributed by atoms with Gasteiger partial charge < -0.3 is 4.90 Å². The molecular formula is C17H21ClN2O. The average Bonchev–Trinajstić information content (AvgIpc) is 2.91. The number of hydrogen-bond acceptors (Lipinski definition) is 2. The highest BCUT2D eigenvalue weighted by atomic mass is 35.5. The number of nitrogens with one attached hydrogen (secondary N) is 1. The first-order valence-corrected chi connectivity index (χ1v) is 8.34. The maximum Gasteiger partial charge on any atom is 0.244 e. The summed E-state index contributed by atoms with van der Waals surface area (Å²) in [5.41, 5.74) is 0.850. The van der Waals surface area contributed by atoms with Gasteiger partial charge in [-0.3, -0.25) is 10.1 Å². The monoisotopic (exact) mass is 304 g/mol. The zero-order chi connectivity index (χ0) is 14.6. The van der Waals surface area contributed by atoms with Crippen molar-refractivity contribution in [2.24, 2.45) is 5.92 Å². The summed E-state index contributed by atoms with van der Waals surface area (Å²) < 4.78 is 0. The maximum absolute atomic E-state index is 13.0. The number of nitrogens with zero attached hydrogens (tertiary/aromatic N) is 1. The molecule has 2 saturated carbocycles. The third kappa shape index (κ3) is 2.09. The van der Waals surface area contributed by atoms with Crippen molar-refractivity contribution in [3.05, 3.63) is 34.9 Å². The van der Waals surface area contributed by atoms with Crippen molar-refractivity contribution in [3.8, 4) is 0 Å². The molecule has 0 radical (unpaired) electrons. The van der Waals surface area contributed by atoms with E-state index in [1.54, 1.807) is 0 Å². The Balaban J connectivity index is 1.70. The molecule has 2 aliphatic carbocycles. The van der Waals surface area contributed by atoms with Crippen LogP contribution in [0.1, 0.15) is 50.8 Å². The van der Waals surface area contributed by atoms with Gasteiger partial charge in [-0.1, -0.05) is 43.5 Å². The van der Waals surface area contributed by atoms with Crippen LogP contribution >= 0.6 is 11.6 Å². The fourth-order valence-corrected chi connectivity index (χ4v) is 4.14. The maximum atomic E-state index is 13.0. The molecule has 3 unspecified atom stereocenters. The number of benzene rings is 1. The number of carbonyl (C=O) groups is 1. The highest BCUT2D eigenvalue weighted by Crippen LogP contribution is 2.47. The Hall–Kier alpha value is -1.06. The molecule has 1 N–H and O–H groups in total. The average molecular weight is 305 g/mol. The van der Waals surface area contributed by atoms with Crippen molar-refractivity contribution in [3.63, 3.8) is 0 Å². The van der Waals surface area contributed by atoms with Crippen LogP contribution in [0.2, 0.25) is 5.02 Å². The van der Waals surface area contributed by atoms with Crippen LogP contribution in [0.5, 0.6) is 0 Å². The highest BCUT2D eigenvalue weighted by Gasteiger charge is 2.57. The largest absolute Gasteiger partial charge is 0.318 e. The topological polar surface area (TPSA) is 32.3 Å². The van der Waals surface area contributed by atoms with E-state index in [0.29, 0.717) is 17.9 Å². The molecule has 0 aromatic heterocycles. The van der Waals surface area contributed by atoms with E-state index in [1.165, 1.54) is 0 Å². The second-order valence-corrected chi connectivity index (χ2v) is 7.32. The van der Waals surface area contributed by atoms with E-state index >= 15 is 0 Å². The van der Waals surface area contributed by atoms with Crippen molar-refractivity contribution in [2.75, 3.05) is 0 Å². The summed E-state index contributed by atoms with van der Waals surface area (Å²) in [6, 6.07) is 8.32. The molecule has 21 heavy (non-hydrogen) atoms. The van der Waals surface area contributed by atoms with Crippen molar-refractivity contribution in [2.45, 2.75) is 56.8 Å². The van der Waals surface area contributed by atoms with E-state index in [1.807, 2.05) is 24.3 Å². The number of hydrogen-bond donors (Lipinski definition) is 1. The fraction of sp³-hybridized carbons (Fsp3) is 0.588. The third-order valence-corrected chi connectivity index (χ3v) is 5.65. The van der Waals surface area contributed by atoms with Crippen LogP contribution in [0, 0.1) is 5.92 Å². The quantitative estimate of drug-likeness (QED) is 0.907. The molecule has 3 aliphatic rings. The number of amides is 1. The molecule has 1 saturated heterocycles. The summed E-state index contributed by atoms with van der Waals surface area (Å²) in [5.74, 6) is 0.955. The first-order chi connectivity index (χ1) is 10.1. The third-order valence-electron chi connectivity index (χ3n) is 5.40. The minimum Gasteiger partial charge on any atom is -0.318 e. The molecular weight excluding hydrogens is 284 g/mol. The van der Waals surface area contributed by atoms with Gasteiger partial charge in [0.25, 0.3) is 0 Å². The van der Waals surface area contributed by atoms with Crippen LogP contribution in [-0.2, 0) is 4.79 Å². The van der Waals surface area contributed by atoms with Gasteiger partial charge in [0.15, 0.2) is 0 Å². The van der Waals surface area contributed by atoms with Gasteiger partial charge in [0, 0.05) is 11.1 Å². The van der Waals surface area contributed by atoms with Gasteiger partial charge in [-0.2, -0.15) is 0 Å². The van der Waals surface area contributed by atoms with Crippen LogP contribution in [0.25, 0.3) is 0 Å². The summed E-state index contributed by atoms with van der Waals surface area (Å²) in [4.78, 5) is 15.2. The number of carbonyl (C=O) groups excluding carboxylic acids is 1. The molecule has 1 spiro atoms. The lowest BCUT2D eigenvalue weighted by atomic mass is 9.98. The molecule has 0 bridgehead atoms. The van der Waals surface area contributed by atoms with E-state index in [9.17, 15) is 4.79 Å². The Morgan fingerprint density at radius 2 is 1.86 bits per heavy atom. The summed E-state index contributed by atoms with van der Waals surface area (Å²) in [5, 5.41) is 4.42. The lowest BCUT2D eigenvalue weighted by molar-refractivity contribution is -0.134. The van der Waals surface area contributed by atoms with Gasteiger partial charge in [-0.25, -0.2) is 0 Å². The standard InChI is InChI=1S/C17H21ClN2O/c1-11-10-14(11)20-15(12-4-6-13(18)7-5-12)19-17(16(20)21)8-2-3-9-17/h4-7,11,14-15,19H,2-3,8-10H2,1H3. The number of halogens is 1. The van der Waals surface area contributed by atoms with Crippen molar-refractivity contribution in [1.82, 2.24) is 10.2 Å². The SMILES string of the molecule is CC1CC1N1C(=O)C2(CCCC2)NC1c1ccc(Cl)cc1. The molecule has 1 aliphatic heterocycles. The molecule has 3 fully saturated rings. The van der Waals surface area contributed by atoms with Crippen LogP contribution in [0.3, 0.4) is 0 Å². The van der Waals surface area contributed by atoms with E-state index < -0.39 is 0 Å². The Labute approximate surface area is 130 Å². The van der Waals surface area contributed by atoms with Crippen molar-refractivity contribution in [1.29, 1.82) is 0 Å². The van der Waals surface area contributed by atoms with Gasteiger partial charge in [0.05, 0.1) is 5.54 Å². The Bertz CT molecular complexity index is 565. The van der Waals surface area contributed by atoms with Gasteiger partial charge in [-0.05, 0) is 42.9 Å². The fourth-order valence-electron chi connectivity index (χ4n) is 4.02. The minimum atomic E-state index is -0.299.